The van der Waals surface area contributed by atoms with E-state index >= 15 is 0 Å². The lowest BCUT2D eigenvalue weighted by molar-refractivity contribution is 0.412. The van der Waals surface area contributed by atoms with Crippen molar-refractivity contribution < 1.29 is 4.74 Å². The number of nitrogens with zero attached hydrogens (tertiary/aromatic N) is 2. The fourth-order valence-electron chi connectivity index (χ4n) is 1.35. The summed E-state index contributed by atoms with van der Waals surface area (Å²) in [5.41, 5.74) is 0. The third kappa shape index (κ3) is 4.60. The molecular weight excluding hydrogens is 258 g/mol. The molecule has 1 aromatic heterocycles. The van der Waals surface area contributed by atoms with E-state index in [9.17, 15) is 0 Å². The first kappa shape index (κ1) is 14.4. The Morgan fingerprint density at radius 2 is 2.29 bits per heavy atom. The van der Waals surface area contributed by atoms with E-state index in [1.165, 1.54) is 6.33 Å². The molecule has 4 nitrogen and oxygen atoms in total. The van der Waals surface area contributed by atoms with Crippen LogP contribution in [0.3, 0.4) is 0 Å². The molecule has 1 atom stereocenters. The molecule has 0 bridgehead atoms. The Balaban J connectivity index is 2.58. The van der Waals surface area contributed by atoms with Gasteiger partial charge in [0.15, 0.2) is 16.7 Å². The summed E-state index contributed by atoms with van der Waals surface area (Å²) >= 11 is 7.85. The van der Waals surface area contributed by atoms with Gasteiger partial charge in [-0.1, -0.05) is 18.5 Å². The molecule has 0 spiro atoms. The summed E-state index contributed by atoms with van der Waals surface area (Å²) in [6.45, 7) is 4.28. The van der Waals surface area contributed by atoms with Crippen molar-refractivity contribution >= 4 is 29.2 Å². The fourth-order valence-corrected chi connectivity index (χ4v) is 2.37. The minimum Gasteiger partial charge on any atom is -0.490 e. The van der Waals surface area contributed by atoms with E-state index in [2.05, 4.69) is 29.1 Å². The van der Waals surface area contributed by atoms with Crippen molar-refractivity contribution in [2.24, 2.45) is 0 Å². The number of nitrogens with one attached hydrogen (secondary N) is 1. The molecule has 96 valence electrons. The topological polar surface area (TPSA) is 47.0 Å². The Labute approximate surface area is 112 Å². The van der Waals surface area contributed by atoms with Gasteiger partial charge >= 0.3 is 0 Å². The lowest BCUT2D eigenvalue weighted by Gasteiger charge is -2.16. The highest BCUT2D eigenvalue weighted by atomic mass is 35.5. The Bertz CT molecular complexity index is 351. The van der Waals surface area contributed by atoms with Crippen molar-refractivity contribution in [3.63, 3.8) is 0 Å². The highest BCUT2D eigenvalue weighted by molar-refractivity contribution is 7.99. The fraction of sp³-hybridized carbons (Fsp3) is 0.636. The lowest BCUT2D eigenvalue weighted by Crippen LogP contribution is -2.17. The molecule has 0 radical (unpaired) electrons. The number of rotatable bonds is 7. The van der Waals surface area contributed by atoms with E-state index in [-0.39, 0.29) is 0 Å². The Morgan fingerprint density at radius 1 is 1.53 bits per heavy atom. The average Bonchev–Trinajstić information content (AvgIpc) is 2.29. The standard InChI is InChI=1S/C11H18ClN3OS/c1-4-17-6-5-8(2)15-11-9(16-3)10(12)13-7-14-11/h7-8H,4-6H2,1-3H3,(H,13,14,15). The van der Waals surface area contributed by atoms with E-state index in [0.29, 0.717) is 22.8 Å². The molecular formula is C11H18ClN3OS. The van der Waals surface area contributed by atoms with Gasteiger partial charge in [-0.05, 0) is 24.9 Å². The van der Waals surface area contributed by atoms with Crippen LogP contribution in [0.15, 0.2) is 6.33 Å². The maximum atomic E-state index is 5.92. The number of ether oxygens (including phenoxy) is 1. The van der Waals surface area contributed by atoms with Gasteiger partial charge in [-0.3, -0.25) is 0 Å². The van der Waals surface area contributed by atoms with E-state index in [1.807, 2.05) is 11.8 Å². The van der Waals surface area contributed by atoms with Gasteiger partial charge < -0.3 is 10.1 Å². The maximum absolute atomic E-state index is 5.92. The Hall–Kier alpha value is -0.680. The Kier molecular flexibility index (Phi) is 6.44. The first-order valence-electron chi connectivity index (χ1n) is 5.57. The molecule has 0 aromatic carbocycles. The van der Waals surface area contributed by atoms with Crippen molar-refractivity contribution in [1.29, 1.82) is 0 Å². The molecule has 17 heavy (non-hydrogen) atoms. The molecule has 0 aliphatic carbocycles. The largest absolute Gasteiger partial charge is 0.490 e. The molecule has 6 heteroatoms. The van der Waals surface area contributed by atoms with Crippen molar-refractivity contribution in [3.05, 3.63) is 11.5 Å². The van der Waals surface area contributed by atoms with E-state index in [1.54, 1.807) is 7.11 Å². The second kappa shape index (κ2) is 7.61. The summed E-state index contributed by atoms with van der Waals surface area (Å²) < 4.78 is 5.18. The van der Waals surface area contributed by atoms with Crippen LogP contribution < -0.4 is 10.1 Å². The molecule has 0 aliphatic rings. The van der Waals surface area contributed by atoms with Crippen LogP contribution >= 0.6 is 23.4 Å². The van der Waals surface area contributed by atoms with Gasteiger partial charge in [0.1, 0.15) is 6.33 Å². The zero-order valence-electron chi connectivity index (χ0n) is 10.4. The van der Waals surface area contributed by atoms with Crippen LogP contribution in [-0.2, 0) is 0 Å². The van der Waals surface area contributed by atoms with Gasteiger partial charge in [-0.15, -0.1) is 0 Å². The number of hydrogen-bond acceptors (Lipinski definition) is 5. The number of thioether (sulfide) groups is 1. The van der Waals surface area contributed by atoms with Crippen LogP contribution in [0.4, 0.5) is 5.82 Å². The van der Waals surface area contributed by atoms with Gasteiger partial charge in [-0.2, -0.15) is 11.8 Å². The second-order valence-corrected chi connectivity index (χ2v) is 5.33. The van der Waals surface area contributed by atoms with E-state index in [0.717, 1.165) is 17.9 Å². The van der Waals surface area contributed by atoms with Crippen molar-refractivity contribution in [2.45, 2.75) is 26.3 Å². The van der Waals surface area contributed by atoms with Gasteiger partial charge in [-0.25, -0.2) is 9.97 Å². The number of halogens is 1. The predicted molar refractivity (Wildman–Crippen MR) is 74.3 cm³/mol. The third-order valence-corrected chi connectivity index (χ3v) is 3.45. The average molecular weight is 276 g/mol. The van der Waals surface area contributed by atoms with Crippen LogP contribution in [0, 0.1) is 0 Å². The number of methoxy groups -OCH3 is 1. The highest BCUT2D eigenvalue weighted by Gasteiger charge is 2.12. The summed E-state index contributed by atoms with van der Waals surface area (Å²) in [4.78, 5) is 8.02. The van der Waals surface area contributed by atoms with Crippen LogP contribution in [-0.4, -0.2) is 34.6 Å². The first-order valence-corrected chi connectivity index (χ1v) is 7.11. The smallest absolute Gasteiger partial charge is 0.198 e. The molecule has 0 aliphatic heterocycles. The summed E-state index contributed by atoms with van der Waals surface area (Å²) in [6, 6.07) is 0.328. The van der Waals surface area contributed by atoms with Crippen LogP contribution in [0.25, 0.3) is 0 Å². The molecule has 1 N–H and O–H groups in total. The third-order valence-electron chi connectivity index (χ3n) is 2.25. The van der Waals surface area contributed by atoms with Gasteiger partial charge in [0.2, 0.25) is 0 Å². The first-order chi connectivity index (χ1) is 8.19. The minimum absolute atomic E-state index is 0.328. The molecule has 1 rings (SSSR count). The Morgan fingerprint density at radius 3 is 2.94 bits per heavy atom. The molecule has 1 unspecified atom stereocenters. The van der Waals surface area contributed by atoms with Crippen molar-refractivity contribution in [1.82, 2.24) is 9.97 Å². The number of aromatic nitrogens is 2. The number of hydrogen-bond donors (Lipinski definition) is 1. The van der Waals surface area contributed by atoms with E-state index in [4.69, 9.17) is 16.3 Å². The maximum Gasteiger partial charge on any atom is 0.198 e. The zero-order chi connectivity index (χ0) is 12.7. The highest BCUT2D eigenvalue weighted by Crippen LogP contribution is 2.29. The minimum atomic E-state index is 0.328. The van der Waals surface area contributed by atoms with E-state index < -0.39 is 0 Å². The zero-order valence-corrected chi connectivity index (χ0v) is 11.9. The molecule has 1 heterocycles. The molecule has 0 saturated carbocycles. The van der Waals surface area contributed by atoms with Gasteiger partial charge in [0, 0.05) is 6.04 Å². The SMILES string of the molecule is CCSCCC(C)Nc1ncnc(Cl)c1OC. The van der Waals surface area contributed by atoms with Gasteiger partial charge in [0.25, 0.3) is 0 Å². The molecule has 0 saturated heterocycles. The van der Waals surface area contributed by atoms with Gasteiger partial charge in [0.05, 0.1) is 7.11 Å². The lowest BCUT2D eigenvalue weighted by atomic mass is 10.2. The number of anilines is 1. The summed E-state index contributed by atoms with van der Waals surface area (Å²) in [6.07, 6.45) is 2.50. The van der Waals surface area contributed by atoms with Crippen molar-refractivity contribution in [3.8, 4) is 5.75 Å². The summed E-state index contributed by atoms with van der Waals surface area (Å²) in [7, 11) is 1.56. The van der Waals surface area contributed by atoms with Crippen molar-refractivity contribution in [2.75, 3.05) is 23.9 Å². The normalized spacial score (nSPS) is 12.2. The molecule has 1 aromatic rings. The summed E-state index contributed by atoms with van der Waals surface area (Å²) in [5, 5.41) is 3.62. The monoisotopic (exact) mass is 275 g/mol. The quantitative estimate of drug-likeness (QED) is 0.612. The molecule has 0 fully saturated rings. The second-order valence-electron chi connectivity index (χ2n) is 3.58. The van der Waals surface area contributed by atoms with Crippen LogP contribution in [0.1, 0.15) is 20.3 Å². The predicted octanol–water partition coefficient (Wildman–Crippen LogP) is 3.08. The summed E-state index contributed by atoms with van der Waals surface area (Å²) in [5.74, 6) is 3.44. The van der Waals surface area contributed by atoms with Crippen LogP contribution in [0.5, 0.6) is 5.75 Å². The molecule has 0 amide bonds. The van der Waals surface area contributed by atoms with Crippen LogP contribution in [0.2, 0.25) is 5.15 Å².